The molecule has 0 aliphatic carbocycles. The molecule has 3 nitrogen and oxygen atoms in total. The van der Waals surface area contributed by atoms with Gasteiger partial charge in [0.2, 0.25) is 0 Å². The fraction of sp³-hybridized carbons (Fsp3) is 0.800. The first-order chi connectivity index (χ1) is 8.95. The molecule has 2 N–H and O–H groups in total. The lowest BCUT2D eigenvalue weighted by Gasteiger charge is -2.15. The Kier molecular flexibility index (Phi) is 4.98. The Morgan fingerprint density at radius 2 is 2.32 bits per heavy atom. The maximum atomic E-state index is 6.21. The van der Waals surface area contributed by atoms with Crippen molar-refractivity contribution < 1.29 is 4.74 Å². The molecule has 0 spiro atoms. The Morgan fingerprint density at radius 1 is 1.53 bits per heavy atom. The van der Waals surface area contributed by atoms with Crippen LogP contribution in [0, 0.1) is 0 Å². The minimum atomic E-state index is 0.135. The number of aromatic nitrogens is 1. The maximum Gasteiger partial charge on any atom is 0.0943 e. The number of rotatable bonds is 5. The molecule has 1 aliphatic rings. The average Bonchev–Trinajstić information content (AvgIpc) is 2.95. The summed E-state index contributed by atoms with van der Waals surface area (Å²) in [5.41, 5.74) is 7.53. The molecule has 1 aliphatic heterocycles. The monoisotopic (exact) mass is 282 g/mol. The highest BCUT2D eigenvalue weighted by molar-refractivity contribution is 7.09. The SMILES string of the molecule is CC(C)(C)c1csc(CC(N)CCC2CCCO2)n1. The number of nitrogens with two attached hydrogens (primary N) is 1. The van der Waals surface area contributed by atoms with Gasteiger partial charge in [0.05, 0.1) is 16.8 Å². The molecular formula is C15H26N2OS. The van der Waals surface area contributed by atoms with Gasteiger partial charge >= 0.3 is 0 Å². The van der Waals surface area contributed by atoms with E-state index in [4.69, 9.17) is 15.5 Å². The molecule has 4 heteroatoms. The first-order valence-electron chi connectivity index (χ1n) is 7.27. The third-order valence-corrected chi connectivity index (χ3v) is 4.51. The van der Waals surface area contributed by atoms with E-state index in [0.717, 1.165) is 25.9 Å². The van der Waals surface area contributed by atoms with Crippen molar-refractivity contribution in [3.05, 3.63) is 16.1 Å². The normalized spacial score (nSPS) is 21.8. The van der Waals surface area contributed by atoms with Gasteiger partial charge in [-0.25, -0.2) is 4.98 Å². The molecule has 108 valence electrons. The van der Waals surface area contributed by atoms with Crippen LogP contribution in [-0.4, -0.2) is 23.7 Å². The van der Waals surface area contributed by atoms with Crippen molar-refractivity contribution >= 4 is 11.3 Å². The van der Waals surface area contributed by atoms with Gasteiger partial charge in [-0.2, -0.15) is 0 Å². The summed E-state index contributed by atoms with van der Waals surface area (Å²) in [5, 5.41) is 3.34. The number of nitrogens with zero attached hydrogens (tertiary/aromatic N) is 1. The number of ether oxygens (including phenoxy) is 1. The highest BCUT2D eigenvalue weighted by Gasteiger charge is 2.19. The van der Waals surface area contributed by atoms with Gasteiger partial charge in [0.1, 0.15) is 0 Å². The first-order valence-corrected chi connectivity index (χ1v) is 8.15. The number of hydrogen-bond acceptors (Lipinski definition) is 4. The van der Waals surface area contributed by atoms with Crippen LogP contribution in [0.1, 0.15) is 57.2 Å². The van der Waals surface area contributed by atoms with E-state index < -0.39 is 0 Å². The molecule has 19 heavy (non-hydrogen) atoms. The van der Waals surface area contributed by atoms with E-state index >= 15 is 0 Å². The molecule has 1 aromatic rings. The molecule has 1 fully saturated rings. The first kappa shape index (κ1) is 14.9. The zero-order valence-corrected chi connectivity index (χ0v) is 13.1. The second-order valence-corrected chi connectivity index (χ2v) is 7.50. The van der Waals surface area contributed by atoms with Crippen LogP contribution in [0.2, 0.25) is 0 Å². The van der Waals surface area contributed by atoms with Crippen molar-refractivity contribution in [1.82, 2.24) is 4.98 Å². The fourth-order valence-corrected chi connectivity index (χ4v) is 3.46. The van der Waals surface area contributed by atoms with Gasteiger partial charge in [0.25, 0.3) is 0 Å². The van der Waals surface area contributed by atoms with Crippen molar-refractivity contribution in [1.29, 1.82) is 0 Å². The highest BCUT2D eigenvalue weighted by atomic mass is 32.1. The van der Waals surface area contributed by atoms with E-state index in [1.54, 1.807) is 11.3 Å². The summed E-state index contributed by atoms with van der Waals surface area (Å²) in [7, 11) is 0. The third kappa shape index (κ3) is 4.55. The Hall–Kier alpha value is -0.450. The summed E-state index contributed by atoms with van der Waals surface area (Å²) in [4.78, 5) is 4.71. The molecule has 2 rings (SSSR count). The second-order valence-electron chi connectivity index (χ2n) is 6.55. The third-order valence-electron chi connectivity index (χ3n) is 3.64. The van der Waals surface area contributed by atoms with Crippen LogP contribution in [0.25, 0.3) is 0 Å². The standard InChI is InChI=1S/C15H26N2OS/c1-15(2,3)13-10-19-14(17-13)9-11(16)6-7-12-5-4-8-18-12/h10-12H,4-9,16H2,1-3H3. The van der Waals surface area contributed by atoms with Crippen LogP contribution >= 0.6 is 11.3 Å². The lowest BCUT2D eigenvalue weighted by atomic mass is 9.93. The predicted octanol–water partition coefficient (Wildman–Crippen LogP) is 3.27. The second kappa shape index (κ2) is 6.33. The average molecular weight is 282 g/mol. The molecule has 2 heterocycles. The largest absolute Gasteiger partial charge is 0.378 e. The minimum absolute atomic E-state index is 0.135. The summed E-state index contributed by atoms with van der Waals surface area (Å²) >= 11 is 1.74. The van der Waals surface area contributed by atoms with Crippen LogP contribution in [0.4, 0.5) is 0 Å². The van der Waals surface area contributed by atoms with Gasteiger partial charge < -0.3 is 10.5 Å². The summed E-state index contributed by atoms with van der Waals surface area (Å²) in [6.45, 7) is 7.52. The fourth-order valence-electron chi connectivity index (χ4n) is 2.35. The smallest absolute Gasteiger partial charge is 0.0943 e. The molecule has 0 saturated carbocycles. The van der Waals surface area contributed by atoms with E-state index in [9.17, 15) is 0 Å². The van der Waals surface area contributed by atoms with Gasteiger partial charge in [-0.3, -0.25) is 0 Å². The summed E-state index contributed by atoms with van der Waals surface area (Å²) in [6, 6.07) is 0.211. The molecule has 0 radical (unpaired) electrons. The molecule has 1 aromatic heterocycles. The van der Waals surface area contributed by atoms with Gasteiger partial charge in [-0.1, -0.05) is 20.8 Å². The Bertz CT molecular complexity index is 391. The topological polar surface area (TPSA) is 48.1 Å². The maximum absolute atomic E-state index is 6.21. The van der Waals surface area contributed by atoms with Crippen molar-refractivity contribution in [2.45, 2.75) is 70.4 Å². The van der Waals surface area contributed by atoms with Crippen molar-refractivity contribution in [3.8, 4) is 0 Å². The van der Waals surface area contributed by atoms with Gasteiger partial charge in [-0.05, 0) is 25.7 Å². The van der Waals surface area contributed by atoms with Gasteiger partial charge in [-0.15, -0.1) is 11.3 Å². The Balaban J connectivity index is 1.78. The highest BCUT2D eigenvalue weighted by Crippen LogP contribution is 2.25. The zero-order chi connectivity index (χ0) is 13.9. The number of thiazole rings is 1. The van der Waals surface area contributed by atoms with Crippen molar-refractivity contribution in [2.24, 2.45) is 5.73 Å². The van der Waals surface area contributed by atoms with Gasteiger partial charge in [0, 0.05) is 29.9 Å². The molecule has 1 saturated heterocycles. The summed E-state index contributed by atoms with van der Waals surface area (Å²) in [5.74, 6) is 0. The molecule has 2 unspecified atom stereocenters. The lowest BCUT2D eigenvalue weighted by Crippen LogP contribution is -2.24. The Labute approximate surface area is 120 Å². The molecule has 0 amide bonds. The number of hydrogen-bond donors (Lipinski definition) is 1. The van der Waals surface area contributed by atoms with E-state index in [1.807, 2.05) is 0 Å². The molecular weight excluding hydrogens is 256 g/mol. The molecule has 0 bridgehead atoms. The zero-order valence-electron chi connectivity index (χ0n) is 12.3. The van der Waals surface area contributed by atoms with Crippen LogP contribution in [0.3, 0.4) is 0 Å². The van der Waals surface area contributed by atoms with Crippen LogP contribution in [0.5, 0.6) is 0 Å². The van der Waals surface area contributed by atoms with Gasteiger partial charge in [0.15, 0.2) is 0 Å². The van der Waals surface area contributed by atoms with E-state index in [-0.39, 0.29) is 11.5 Å². The molecule has 0 aromatic carbocycles. The van der Waals surface area contributed by atoms with Crippen LogP contribution in [0.15, 0.2) is 5.38 Å². The predicted molar refractivity (Wildman–Crippen MR) is 80.7 cm³/mol. The quantitative estimate of drug-likeness (QED) is 0.901. The summed E-state index contributed by atoms with van der Waals surface area (Å²) in [6.07, 6.45) is 5.90. The van der Waals surface area contributed by atoms with E-state index in [2.05, 4.69) is 26.2 Å². The molecule has 2 atom stereocenters. The minimum Gasteiger partial charge on any atom is -0.378 e. The van der Waals surface area contributed by atoms with Crippen LogP contribution in [-0.2, 0) is 16.6 Å². The Morgan fingerprint density at radius 3 is 2.89 bits per heavy atom. The van der Waals surface area contributed by atoms with Crippen molar-refractivity contribution in [2.75, 3.05) is 6.61 Å². The lowest BCUT2D eigenvalue weighted by molar-refractivity contribution is 0.101. The summed E-state index contributed by atoms with van der Waals surface area (Å²) < 4.78 is 5.63. The van der Waals surface area contributed by atoms with Crippen molar-refractivity contribution in [3.63, 3.8) is 0 Å². The van der Waals surface area contributed by atoms with Crippen LogP contribution < -0.4 is 5.73 Å². The van der Waals surface area contributed by atoms with E-state index in [1.165, 1.54) is 23.5 Å². The van der Waals surface area contributed by atoms with E-state index in [0.29, 0.717) is 6.10 Å².